The molecule has 1 aliphatic heterocycles. The van der Waals surface area contributed by atoms with Crippen LogP contribution in [-0.2, 0) is 0 Å². The van der Waals surface area contributed by atoms with E-state index in [4.69, 9.17) is 0 Å². The molecule has 0 fully saturated rings. The van der Waals surface area contributed by atoms with Gasteiger partial charge in [-0.1, -0.05) is 22.6 Å². The quantitative estimate of drug-likeness (QED) is 0.463. The standard InChI is InChI=1S/C3H3IS2/c4-3-5-1-2-6-3/h1-3H. The molecule has 0 atom stereocenters. The minimum atomic E-state index is 0.739. The molecule has 0 aromatic carbocycles. The van der Waals surface area contributed by atoms with E-state index in [1.54, 1.807) is 0 Å². The van der Waals surface area contributed by atoms with Crippen LogP contribution in [0.15, 0.2) is 10.8 Å². The molecule has 0 bridgehead atoms. The van der Waals surface area contributed by atoms with Crippen LogP contribution in [0.2, 0.25) is 0 Å². The van der Waals surface area contributed by atoms with E-state index in [-0.39, 0.29) is 0 Å². The molecule has 0 unspecified atom stereocenters. The average Bonchev–Trinajstić information content (AvgIpc) is 1.86. The van der Waals surface area contributed by atoms with Crippen LogP contribution in [0.5, 0.6) is 0 Å². The minimum Gasteiger partial charge on any atom is -0.108 e. The number of hydrogen-bond donors (Lipinski definition) is 0. The van der Waals surface area contributed by atoms with Crippen molar-refractivity contribution in [2.75, 3.05) is 0 Å². The minimum absolute atomic E-state index is 0.739. The fourth-order valence-electron chi connectivity index (χ4n) is 0.220. The summed E-state index contributed by atoms with van der Waals surface area (Å²) in [7, 11) is 0. The van der Waals surface area contributed by atoms with Gasteiger partial charge in [0.1, 0.15) is 2.59 Å². The van der Waals surface area contributed by atoms with E-state index in [2.05, 4.69) is 33.4 Å². The average molecular weight is 230 g/mol. The topological polar surface area (TPSA) is 0 Å². The third kappa shape index (κ3) is 1.35. The van der Waals surface area contributed by atoms with Gasteiger partial charge in [-0.05, 0) is 10.8 Å². The molecule has 0 amide bonds. The molecule has 1 heterocycles. The van der Waals surface area contributed by atoms with Crippen LogP contribution >= 0.6 is 46.1 Å². The largest absolute Gasteiger partial charge is 0.110 e. The zero-order valence-electron chi connectivity index (χ0n) is 2.93. The van der Waals surface area contributed by atoms with Crippen molar-refractivity contribution in [3.63, 3.8) is 0 Å². The first kappa shape index (κ1) is 5.31. The molecule has 1 rings (SSSR count). The predicted octanol–water partition coefficient (Wildman–Crippen LogP) is 2.66. The summed E-state index contributed by atoms with van der Waals surface area (Å²) < 4.78 is 0.739. The molecule has 0 aliphatic carbocycles. The Morgan fingerprint density at radius 2 is 1.83 bits per heavy atom. The van der Waals surface area contributed by atoms with Crippen molar-refractivity contribution in [2.24, 2.45) is 0 Å². The van der Waals surface area contributed by atoms with E-state index < -0.39 is 0 Å². The van der Waals surface area contributed by atoms with Crippen LogP contribution in [0.4, 0.5) is 0 Å². The van der Waals surface area contributed by atoms with Gasteiger partial charge in [0.15, 0.2) is 0 Å². The van der Waals surface area contributed by atoms with Gasteiger partial charge in [-0.3, -0.25) is 0 Å². The highest BCUT2D eigenvalue weighted by atomic mass is 127. The number of halogens is 1. The van der Waals surface area contributed by atoms with E-state index in [1.807, 2.05) is 23.5 Å². The summed E-state index contributed by atoms with van der Waals surface area (Å²) in [6, 6.07) is 0. The van der Waals surface area contributed by atoms with Crippen LogP contribution in [0, 0.1) is 0 Å². The fourth-order valence-corrected chi connectivity index (χ4v) is 2.64. The summed E-state index contributed by atoms with van der Waals surface area (Å²) in [4.78, 5) is 0. The molecule has 0 aromatic heterocycles. The van der Waals surface area contributed by atoms with Gasteiger partial charge in [0.25, 0.3) is 0 Å². The molecule has 0 spiro atoms. The SMILES string of the molecule is IC1SC=CS1. The van der Waals surface area contributed by atoms with Crippen molar-refractivity contribution in [1.82, 2.24) is 0 Å². The van der Waals surface area contributed by atoms with Gasteiger partial charge in [0.05, 0.1) is 0 Å². The second kappa shape index (κ2) is 2.47. The molecule has 0 radical (unpaired) electrons. The van der Waals surface area contributed by atoms with Gasteiger partial charge in [-0.2, -0.15) is 0 Å². The maximum absolute atomic E-state index is 2.40. The first-order valence-corrected chi connectivity index (χ1v) is 4.63. The van der Waals surface area contributed by atoms with Crippen molar-refractivity contribution in [1.29, 1.82) is 0 Å². The summed E-state index contributed by atoms with van der Waals surface area (Å²) in [6.45, 7) is 0. The first-order valence-electron chi connectivity index (χ1n) is 1.49. The van der Waals surface area contributed by atoms with Crippen LogP contribution in [-0.4, -0.2) is 2.59 Å². The molecule has 0 N–H and O–H groups in total. The maximum atomic E-state index is 2.40. The third-order valence-corrected chi connectivity index (χ3v) is 4.04. The zero-order valence-corrected chi connectivity index (χ0v) is 6.72. The Labute approximate surface area is 59.3 Å². The van der Waals surface area contributed by atoms with Gasteiger partial charge in [-0.15, -0.1) is 23.5 Å². The smallest absolute Gasteiger partial charge is 0.108 e. The number of thioether (sulfide) groups is 2. The van der Waals surface area contributed by atoms with Crippen molar-refractivity contribution in [2.45, 2.75) is 2.59 Å². The van der Waals surface area contributed by atoms with Crippen molar-refractivity contribution in [3.8, 4) is 0 Å². The Morgan fingerprint density at radius 3 is 2.00 bits per heavy atom. The fraction of sp³-hybridized carbons (Fsp3) is 0.333. The number of hydrogen-bond acceptors (Lipinski definition) is 2. The number of rotatable bonds is 0. The van der Waals surface area contributed by atoms with Gasteiger partial charge in [-0.25, -0.2) is 0 Å². The summed E-state index contributed by atoms with van der Waals surface area (Å²) >= 11 is 6.13. The summed E-state index contributed by atoms with van der Waals surface area (Å²) in [6.07, 6.45) is 0. The van der Waals surface area contributed by atoms with Crippen molar-refractivity contribution < 1.29 is 0 Å². The molecule has 0 aromatic rings. The molecule has 6 heavy (non-hydrogen) atoms. The second-order valence-electron chi connectivity index (χ2n) is 0.819. The van der Waals surface area contributed by atoms with E-state index in [0.717, 1.165) is 2.59 Å². The second-order valence-corrected chi connectivity index (χ2v) is 6.08. The summed E-state index contributed by atoms with van der Waals surface area (Å²) in [5.74, 6) is 0. The van der Waals surface area contributed by atoms with E-state index >= 15 is 0 Å². The maximum Gasteiger partial charge on any atom is 0.110 e. The van der Waals surface area contributed by atoms with E-state index in [9.17, 15) is 0 Å². The lowest BCUT2D eigenvalue weighted by Crippen LogP contribution is -1.65. The Morgan fingerprint density at radius 1 is 1.33 bits per heavy atom. The Balaban J connectivity index is 2.32. The van der Waals surface area contributed by atoms with Crippen molar-refractivity contribution >= 4 is 46.1 Å². The lowest BCUT2D eigenvalue weighted by atomic mass is 11.3. The molecular formula is C3H3IS2. The molecule has 3 heteroatoms. The van der Waals surface area contributed by atoms with Crippen LogP contribution < -0.4 is 0 Å². The predicted molar refractivity (Wildman–Crippen MR) is 42.1 cm³/mol. The normalized spacial score (nSPS) is 22.8. The van der Waals surface area contributed by atoms with Crippen LogP contribution in [0.25, 0.3) is 0 Å². The highest BCUT2D eigenvalue weighted by Crippen LogP contribution is 2.37. The lowest BCUT2D eigenvalue weighted by molar-refractivity contribution is 2.23. The van der Waals surface area contributed by atoms with Gasteiger partial charge < -0.3 is 0 Å². The van der Waals surface area contributed by atoms with Crippen molar-refractivity contribution in [3.05, 3.63) is 10.8 Å². The molecule has 1 aliphatic rings. The third-order valence-electron chi connectivity index (χ3n) is 0.427. The number of alkyl halides is 1. The highest BCUT2D eigenvalue weighted by Gasteiger charge is 2.03. The van der Waals surface area contributed by atoms with E-state index in [1.165, 1.54) is 0 Å². The van der Waals surface area contributed by atoms with Crippen LogP contribution in [0.3, 0.4) is 0 Å². The van der Waals surface area contributed by atoms with E-state index in [0.29, 0.717) is 0 Å². The monoisotopic (exact) mass is 230 g/mol. The molecule has 0 nitrogen and oxygen atoms in total. The Bertz CT molecular complexity index is 63.2. The highest BCUT2D eigenvalue weighted by molar-refractivity contribution is 14.1. The van der Waals surface area contributed by atoms with Gasteiger partial charge >= 0.3 is 0 Å². The zero-order chi connectivity index (χ0) is 4.41. The molecular weight excluding hydrogens is 227 g/mol. The van der Waals surface area contributed by atoms with Gasteiger partial charge in [0.2, 0.25) is 0 Å². The lowest BCUT2D eigenvalue weighted by Gasteiger charge is -1.88. The summed E-state index contributed by atoms with van der Waals surface area (Å²) in [5.41, 5.74) is 0. The summed E-state index contributed by atoms with van der Waals surface area (Å²) in [5, 5.41) is 4.25. The first-order chi connectivity index (χ1) is 2.89. The Kier molecular flexibility index (Phi) is 2.19. The molecule has 34 valence electrons. The molecule has 0 saturated heterocycles. The van der Waals surface area contributed by atoms with Gasteiger partial charge in [0, 0.05) is 0 Å². The Hall–Kier alpha value is 1.17. The molecule has 0 saturated carbocycles. The van der Waals surface area contributed by atoms with Crippen LogP contribution in [0.1, 0.15) is 0 Å².